The molecule has 1 rings (SSSR count). The van der Waals surface area contributed by atoms with Crippen LogP contribution in [0.5, 0.6) is 0 Å². The van der Waals surface area contributed by atoms with Gasteiger partial charge < -0.3 is 0 Å². The van der Waals surface area contributed by atoms with E-state index in [1.54, 1.807) is 0 Å². The van der Waals surface area contributed by atoms with E-state index in [9.17, 15) is 0 Å². The van der Waals surface area contributed by atoms with Gasteiger partial charge in [0.25, 0.3) is 0 Å². The smallest absolute Gasteiger partial charge is 0.0294 e. The zero-order valence-electron chi connectivity index (χ0n) is 8.44. The first kappa shape index (κ1) is 9.83. The molecule has 0 heterocycles. The van der Waals surface area contributed by atoms with Crippen molar-refractivity contribution in [2.75, 3.05) is 0 Å². The van der Waals surface area contributed by atoms with E-state index in [1.807, 2.05) is 0 Å². The molecule has 1 aliphatic rings. The molecule has 1 saturated carbocycles. The minimum Gasteiger partial charge on any atom is -0.0999 e. The highest BCUT2D eigenvalue weighted by Crippen LogP contribution is 2.30. The summed E-state index contributed by atoms with van der Waals surface area (Å²) >= 11 is 0. The second-order valence-corrected chi connectivity index (χ2v) is 4.21. The Morgan fingerprint density at radius 1 is 1.42 bits per heavy atom. The Balaban J connectivity index is 2.10. The van der Waals surface area contributed by atoms with Crippen molar-refractivity contribution in [3.05, 3.63) is 12.2 Å². The molecule has 12 heavy (non-hydrogen) atoms. The summed E-state index contributed by atoms with van der Waals surface area (Å²) in [5, 5.41) is 0. The Hall–Kier alpha value is -0.260. The first-order valence-corrected chi connectivity index (χ1v) is 5.49. The average molecular weight is 166 g/mol. The Morgan fingerprint density at radius 3 is 2.92 bits per heavy atom. The van der Waals surface area contributed by atoms with Crippen LogP contribution in [0.4, 0.5) is 0 Å². The van der Waals surface area contributed by atoms with E-state index in [-0.39, 0.29) is 0 Å². The third-order valence-electron chi connectivity index (χ3n) is 2.94. The van der Waals surface area contributed by atoms with Crippen LogP contribution in [-0.2, 0) is 0 Å². The molecule has 0 saturated heterocycles. The molecular formula is C12H22. The minimum absolute atomic E-state index is 0.984. The van der Waals surface area contributed by atoms with Crippen LogP contribution in [0.3, 0.4) is 0 Å². The van der Waals surface area contributed by atoms with E-state index < -0.39 is 0 Å². The lowest BCUT2D eigenvalue weighted by atomic mass is 9.83. The Kier molecular flexibility index (Phi) is 4.42. The molecule has 0 aliphatic heterocycles. The van der Waals surface area contributed by atoms with Crippen molar-refractivity contribution in [1.82, 2.24) is 0 Å². The number of hydrogen-bond donors (Lipinski definition) is 0. The molecule has 0 N–H and O–H groups in total. The summed E-state index contributed by atoms with van der Waals surface area (Å²) in [7, 11) is 0. The van der Waals surface area contributed by atoms with Crippen LogP contribution in [-0.4, -0.2) is 0 Å². The molecule has 70 valence electrons. The highest BCUT2D eigenvalue weighted by molar-refractivity contribution is 4.98. The van der Waals surface area contributed by atoms with E-state index in [1.165, 1.54) is 56.9 Å². The zero-order valence-corrected chi connectivity index (χ0v) is 8.44. The van der Waals surface area contributed by atoms with E-state index in [0.717, 1.165) is 5.92 Å². The van der Waals surface area contributed by atoms with E-state index in [4.69, 9.17) is 0 Å². The normalized spacial score (nSPS) is 24.4. The van der Waals surface area contributed by atoms with Crippen molar-refractivity contribution in [2.24, 2.45) is 5.92 Å². The predicted molar refractivity (Wildman–Crippen MR) is 55.2 cm³/mol. The maximum atomic E-state index is 4.09. The van der Waals surface area contributed by atoms with Gasteiger partial charge in [-0.05, 0) is 31.6 Å². The molecule has 0 bridgehead atoms. The lowest BCUT2D eigenvalue weighted by Crippen LogP contribution is -2.07. The summed E-state index contributed by atoms with van der Waals surface area (Å²) in [4.78, 5) is 0. The van der Waals surface area contributed by atoms with Gasteiger partial charge in [-0.25, -0.2) is 0 Å². The third-order valence-corrected chi connectivity index (χ3v) is 2.94. The maximum absolute atomic E-state index is 4.09. The first-order valence-electron chi connectivity index (χ1n) is 5.49. The van der Waals surface area contributed by atoms with E-state index >= 15 is 0 Å². The second kappa shape index (κ2) is 5.40. The summed E-state index contributed by atoms with van der Waals surface area (Å²) in [6, 6.07) is 0. The molecule has 0 aromatic carbocycles. The van der Waals surface area contributed by atoms with Gasteiger partial charge in [-0.2, -0.15) is 0 Å². The van der Waals surface area contributed by atoms with Gasteiger partial charge in [-0.1, -0.05) is 44.8 Å². The minimum atomic E-state index is 0.984. The van der Waals surface area contributed by atoms with Crippen LogP contribution in [0.1, 0.15) is 58.3 Å². The lowest BCUT2D eigenvalue weighted by Gasteiger charge is -2.23. The Morgan fingerprint density at radius 2 is 2.25 bits per heavy atom. The predicted octanol–water partition coefficient (Wildman–Crippen LogP) is 4.31. The summed E-state index contributed by atoms with van der Waals surface area (Å²) in [5.74, 6) is 0.984. The topological polar surface area (TPSA) is 0 Å². The van der Waals surface area contributed by atoms with Crippen molar-refractivity contribution in [3.63, 3.8) is 0 Å². The number of unbranched alkanes of at least 4 members (excludes halogenated alkanes) is 2. The molecule has 0 heteroatoms. The highest BCUT2D eigenvalue weighted by Gasteiger charge is 2.14. The van der Waals surface area contributed by atoms with Gasteiger partial charge in [0, 0.05) is 0 Å². The quantitative estimate of drug-likeness (QED) is 0.431. The van der Waals surface area contributed by atoms with Crippen molar-refractivity contribution in [1.29, 1.82) is 0 Å². The van der Waals surface area contributed by atoms with Crippen LogP contribution in [0.15, 0.2) is 12.2 Å². The Bertz CT molecular complexity index is 135. The first-order chi connectivity index (χ1) is 5.83. The standard InChI is InChI=1S/C12H22/c1-3-4-5-8-12-9-6-7-11(2)10-12/h12H,2-10H2,1H3/t12-/m1/s1. The molecule has 0 radical (unpaired) electrons. The molecule has 0 aromatic rings. The van der Waals surface area contributed by atoms with Gasteiger partial charge in [0.1, 0.15) is 0 Å². The summed E-state index contributed by atoms with van der Waals surface area (Å²) in [5.41, 5.74) is 1.50. The number of hydrogen-bond acceptors (Lipinski definition) is 0. The summed E-state index contributed by atoms with van der Waals surface area (Å²) in [6.07, 6.45) is 11.1. The van der Waals surface area contributed by atoms with Gasteiger partial charge in [-0.15, -0.1) is 0 Å². The maximum Gasteiger partial charge on any atom is -0.0294 e. The van der Waals surface area contributed by atoms with Crippen LogP contribution in [0.2, 0.25) is 0 Å². The number of allylic oxidation sites excluding steroid dienone is 1. The fourth-order valence-corrected chi connectivity index (χ4v) is 2.18. The van der Waals surface area contributed by atoms with Gasteiger partial charge in [-0.3, -0.25) is 0 Å². The fourth-order valence-electron chi connectivity index (χ4n) is 2.18. The molecule has 1 fully saturated rings. The SMILES string of the molecule is C=C1CCC[C@@H](CCCCC)C1. The van der Waals surface area contributed by atoms with Crippen molar-refractivity contribution >= 4 is 0 Å². The third kappa shape index (κ3) is 3.42. The summed E-state index contributed by atoms with van der Waals surface area (Å²) < 4.78 is 0. The molecule has 0 unspecified atom stereocenters. The second-order valence-electron chi connectivity index (χ2n) is 4.21. The summed E-state index contributed by atoms with van der Waals surface area (Å²) in [6.45, 7) is 6.37. The van der Waals surface area contributed by atoms with Crippen molar-refractivity contribution in [2.45, 2.75) is 58.3 Å². The molecule has 0 amide bonds. The Labute approximate surface area is 77.1 Å². The van der Waals surface area contributed by atoms with Gasteiger partial charge in [0.05, 0.1) is 0 Å². The van der Waals surface area contributed by atoms with Crippen molar-refractivity contribution in [3.8, 4) is 0 Å². The zero-order chi connectivity index (χ0) is 8.81. The lowest BCUT2D eigenvalue weighted by molar-refractivity contribution is 0.379. The van der Waals surface area contributed by atoms with E-state index in [2.05, 4.69) is 13.5 Å². The fraction of sp³-hybridized carbons (Fsp3) is 0.833. The van der Waals surface area contributed by atoms with Crippen LogP contribution in [0.25, 0.3) is 0 Å². The number of rotatable bonds is 4. The molecule has 0 nitrogen and oxygen atoms in total. The van der Waals surface area contributed by atoms with E-state index in [0.29, 0.717) is 0 Å². The van der Waals surface area contributed by atoms with Gasteiger partial charge >= 0.3 is 0 Å². The highest BCUT2D eigenvalue weighted by atomic mass is 14.2. The average Bonchev–Trinajstić information content (AvgIpc) is 2.05. The van der Waals surface area contributed by atoms with Gasteiger partial charge in [0.15, 0.2) is 0 Å². The molecular weight excluding hydrogens is 144 g/mol. The molecule has 0 spiro atoms. The van der Waals surface area contributed by atoms with Gasteiger partial charge in [0.2, 0.25) is 0 Å². The molecule has 0 aromatic heterocycles. The monoisotopic (exact) mass is 166 g/mol. The van der Waals surface area contributed by atoms with Crippen molar-refractivity contribution < 1.29 is 0 Å². The largest absolute Gasteiger partial charge is 0.0999 e. The van der Waals surface area contributed by atoms with Crippen LogP contribution in [0, 0.1) is 5.92 Å². The van der Waals surface area contributed by atoms with Crippen LogP contribution >= 0.6 is 0 Å². The van der Waals surface area contributed by atoms with Crippen LogP contribution < -0.4 is 0 Å². The molecule has 1 aliphatic carbocycles. The molecule has 1 atom stereocenters.